The molecule has 0 aromatic carbocycles. The van der Waals surface area contributed by atoms with Crippen molar-refractivity contribution in [3.63, 3.8) is 0 Å². The third kappa shape index (κ3) is 5.68. The van der Waals surface area contributed by atoms with Crippen molar-refractivity contribution in [1.82, 2.24) is 39.9 Å². The van der Waals surface area contributed by atoms with E-state index in [2.05, 4.69) is 51.3 Å². The molecule has 33 heavy (non-hydrogen) atoms. The van der Waals surface area contributed by atoms with Gasteiger partial charge in [-0.2, -0.15) is 0 Å². The molecular formula is C22H22CoN10-3. The Morgan fingerprint density at radius 3 is 1.58 bits per heavy atom. The topological polar surface area (TPSA) is 136 Å². The molecule has 2 aliphatic heterocycles. The normalized spacial score (nSPS) is 24.5. The molecule has 4 atom stereocenters. The van der Waals surface area contributed by atoms with Gasteiger partial charge < -0.3 is 50.5 Å². The molecule has 2 aliphatic rings. The molecule has 0 saturated carbocycles. The predicted octanol–water partition coefficient (Wildman–Crippen LogP) is 3.24. The first-order valence-electron chi connectivity index (χ1n) is 10.7. The number of hydrogen-bond donors (Lipinski definition) is 0. The minimum Gasteiger partial charge on any atom is -0.650 e. The SMILES string of the molecule is C1=CC(c2ncc[n-]2)[N-]C(c2ncc[n-]2)C1.[Co+3].c1c[n-]c(C2CCCC(c3ncc[n-]3)[N-]2)n1. The third-order valence-corrected chi connectivity index (χ3v) is 5.41. The Kier molecular flexibility index (Phi) is 7.89. The van der Waals surface area contributed by atoms with Crippen LogP contribution in [0.3, 0.4) is 0 Å². The van der Waals surface area contributed by atoms with E-state index in [-0.39, 0.29) is 40.9 Å². The van der Waals surface area contributed by atoms with Crippen molar-refractivity contribution >= 4 is 0 Å². The molecule has 4 aromatic rings. The van der Waals surface area contributed by atoms with E-state index >= 15 is 0 Å². The molecule has 0 bridgehead atoms. The van der Waals surface area contributed by atoms with E-state index in [0.29, 0.717) is 0 Å². The second-order valence-electron chi connectivity index (χ2n) is 7.54. The van der Waals surface area contributed by atoms with Crippen LogP contribution in [0.1, 0.15) is 73.1 Å². The average Bonchev–Trinajstić information content (AvgIpc) is 3.68. The minimum atomic E-state index is -0.0627. The number of imidazole rings is 4. The van der Waals surface area contributed by atoms with Gasteiger partial charge in [-0.25, -0.2) is 0 Å². The summed E-state index contributed by atoms with van der Waals surface area (Å²) < 4.78 is 0. The molecule has 0 radical (unpaired) electrons. The average molecular weight is 485 g/mol. The van der Waals surface area contributed by atoms with E-state index in [0.717, 1.165) is 49.0 Å². The van der Waals surface area contributed by atoms with E-state index in [9.17, 15) is 0 Å². The Morgan fingerprint density at radius 2 is 1.09 bits per heavy atom. The van der Waals surface area contributed by atoms with Crippen LogP contribution in [0.4, 0.5) is 0 Å². The Balaban J connectivity index is 0.000000152. The first-order chi connectivity index (χ1) is 15.9. The van der Waals surface area contributed by atoms with E-state index in [1.54, 1.807) is 49.6 Å². The molecule has 0 spiro atoms. The third-order valence-electron chi connectivity index (χ3n) is 5.41. The summed E-state index contributed by atoms with van der Waals surface area (Å²) in [7, 11) is 0. The van der Waals surface area contributed by atoms with Crippen molar-refractivity contribution < 1.29 is 16.8 Å². The number of rotatable bonds is 4. The van der Waals surface area contributed by atoms with Crippen molar-refractivity contribution in [3.05, 3.63) is 95.7 Å². The summed E-state index contributed by atoms with van der Waals surface area (Å²) in [4.78, 5) is 33.5. The fourth-order valence-corrected chi connectivity index (χ4v) is 3.91. The smallest absolute Gasteiger partial charge is 0.650 e. The van der Waals surface area contributed by atoms with E-state index in [1.807, 2.05) is 6.08 Å². The molecule has 4 aromatic heterocycles. The molecule has 11 heteroatoms. The van der Waals surface area contributed by atoms with Gasteiger partial charge in [-0.3, -0.25) is 0 Å². The van der Waals surface area contributed by atoms with Crippen LogP contribution in [-0.2, 0) is 16.8 Å². The molecule has 4 unspecified atom stereocenters. The Morgan fingerprint density at radius 1 is 0.606 bits per heavy atom. The minimum absolute atomic E-state index is 0. The van der Waals surface area contributed by atoms with Gasteiger partial charge in [-0.15, -0.1) is 41.7 Å². The molecule has 6 heterocycles. The zero-order valence-electron chi connectivity index (χ0n) is 17.7. The van der Waals surface area contributed by atoms with Gasteiger partial charge in [0.2, 0.25) is 0 Å². The van der Waals surface area contributed by atoms with Crippen LogP contribution in [0.5, 0.6) is 0 Å². The van der Waals surface area contributed by atoms with Crippen LogP contribution in [0, 0.1) is 0 Å². The Bertz CT molecular complexity index is 1020. The van der Waals surface area contributed by atoms with Crippen LogP contribution in [0.15, 0.2) is 61.7 Å². The van der Waals surface area contributed by atoms with Gasteiger partial charge in [-0.05, 0) is 6.42 Å². The van der Waals surface area contributed by atoms with E-state index in [1.165, 1.54) is 0 Å². The zero-order valence-corrected chi connectivity index (χ0v) is 18.8. The maximum absolute atomic E-state index is 4.72. The van der Waals surface area contributed by atoms with Crippen LogP contribution < -0.4 is 19.9 Å². The number of hydrogen-bond acceptors (Lipinski definition) is 4. The molecule has 172 valence electrons. The summed E-state index contributed by atoms with van der Waals surface area (Å²) in [5.74, 6) is 3.18. The van der Waals surface area contributed by atoms with E-state index in [4.69, 9.17) is 5.32 Å². The molecule has 0 aliphatic carbocycles. The first-order valence-corrected chi connectivity index (χ1v) is 10.7. The second kappa shape index (κ2) is 11.2. The summed E-state index contributed by atoms with van der Waals surface area (Å²) in [6.45, 7) is 0. The summed E-state index contributed by atoms with van der Waals surface area (Å²) >= 11 is 0. The summed E-state index contributed by atoms with van der Waals surface area (Å²) in [6, 6.07) is 0.204. The fraction of sp³-hybridized carbons (Fsp3) is 0.364. The number of piperidine rings is 1. The van der Waals surface area contributed by atoms with E-state index < -0.39 is 0 Å². The summed E-state index contributed by atoms with van der Waals surface area (Å²) in [5.41, 5.74) is 0. The molecule has 0 amide bonds. The van der Waals surface area contributed by atoms with Gasteiger partial charge in [0, 0.05) is 0 Å². The maximum Gasteiger partial charge on any atom is 3.00 e. The van der Waals surface area contributed by atoms with Crippen molar-refractivity contribution in [2.75, 3.05) is 0 Å². The molecule has 1 fully saturated rings. The van der Waals surface area contributed by atoms with Crippen LogP contribution in [0.2, 0.25) is 0 Å². The fourth-order valence-electron chi connectivity index (χ4n) is 3.91. The van der Waals surface area contributed by atoms with Gasteiger partial charge in [-0.1, -0.05) is 86.8 Å². The van der Waals surface area contributed by atoms with Crippen LogP contribution >= 0.6 is 0 Å². The van der Waals surface area contributed by atoms with Crippen LogP contribution in [-0.4, -0.2) is 19.9 Å². The van der Waals surface area contributed by atoms with Gasteiger partial charge in [0.05, 0.1) is 0 Å². The molecule has 10 nitrogen and oxygen atoms in total. The maximum atomic E-state index is 4.72. The standard InChI is InChI=1S/C11H12N5.C11H10N5.Co/c2*1-2-8(10-12-4-5-13-10)16-9(3-1)11-14-6-7-15-11;/h4-9H,1-3H2;1-2,4-9H,3H2;/q2*-3;+3. The Hall–Kier alpha value is -2.99. The number of aromatic nitrogens is 8. The van der Waals surface area contributed by atoms with Crippen molar-refractivity contribution in [2.45, 2.75) is 49.9 Å². The largest absolute Gasteiger partial charge is 3.00 e. The second-order valence-corrected chi connectivity index (χ2v) is 7.54. The summed E-state index contributed by atoms with van der Waals surface area (Å²) in [5, 5.41) is 9.35. The van der Waals surface area contributed by atoms with Gasteiger partial charge in [0.25, 0.3) is 0 Å². The molecular weight excluding hydrogens is 463 g/mol. The predicted molar refractivity (Wildman–Crippen MR) is 116 cm³/mol. The summed E-state index contributed by atoms with van der Waals surface area (Å²) in [6.07, 6.45) is 21.8. The number of nitrogens with zero attached hydrogens (tertiary/aromatic N) is 10. The van der Waals surface area contributed by atoms with Crippen molar-refractivity contribution in [2.24, 2.45) is 0 Å². The molecule has 0 N–H and O–H groups in total. The van der Waals surface area contributed by atoms with Gasteiger partial charge in [0.15, 0.2) is 0 Å². The quantitative estimate of drug-likeness (QED) is 0.402. The zero-order chi connectivity index (χ0) is 21.6. The van der Waals surface area contributed by atoms with Crippen LogP contribution in [0.25, 0.3) is 10.6 Å². The molecule has 6 rings (SSSR count). The monoisotopic (exact) mass is 485 g/mol. The van der Waals surface area contributed by atoms with Crippen molar-refractivity contribution in [3.8, 4) is 0 Å². The Labute approximate surface area is 202 Å². The first kappa shape index (κ1) is 23.2. The van der Waals surface area contributed by atoms with Gasteiger partial charge >= 0.3 is 16.8 Å². The molecule has 1 saturated heterocycles. The van der Waals surface area contributed by atoms with Gasteiger partial charge in [0.1, 0.15) is 0 Å². The van der Waals surface area contributed by atoms with Crippen molar-refractivity contribution in [1.29, 1.82) is 0 Å².